The summed E-state index contributed by atoms with van der Waals surface area (Å²) in [5.74, 6) is 0.761. The lowest BCUT2D eigenvalue weighted by Crippen LogP contribution is -2.26. The standard InChI is InChI=1S/C13H14N2O2S/c1-2-17-10-3-4-11-9(7-10)5-6-15(13(11)16)8-12(14)18/h3-7H,2,8H2,1H3,(H2,14,18). The molecule has 2 N–H and O–H groups in total. The van der Waals surface area contributed by atoms with Gasteiger partial charge in [0.1, 0.15) is 5.75 Å². The summed E-state index contributed by atoms with van der Waals surface area (Å²) in [6.07, 6.45) is 1.69. The number of ether oxygens (including phenoxy) is 1. The molecule has 1 aromatic carbocycles. The average molecular weight is 262 g/mol. The maximum atomic E-state index is 12.1. The van der Waals surface area contributed by atoms with Crippen LogP contribution in [0.5, 0.6) is 5.75 Å². The number of rotatable bonds is 4. The summed E-state index contributed by atoms with van der Waals surface area (Å²) < 4.78 is 6.90. The van der Waals surface area contributed by atoms with Gasteiger partial charge in [0.15, 0.2) is 0 Å². The highest BCUT2D eigenvalue weighted by atomic mass is 32.1. The second-order valence-electron chi connectivity index (χ2n) is 3.90. The van der Waals surface area contributed by atoms with Crippen LogP contribution >= 0.6 is 12.2 Å². The van der Waals surface area contributed by atoms with Crippen molar-refractivity contribution in [2.75, 3.05) is 6.61 Å². The van der Waals surface area contributed by atoms with Gasteiger partial charge >= 0.3 is 0 Å². The minimum Gasteiger partial charge on any atom is -0.494 e. The summed E-state index contributed by atoms with van der Waals surface area (Å²) in [5, 5.41) is 1.49. The monoisotopic (exact) mass is 262 g/mol. The largest absolute Gasteiger partial charge is 0.494 e. The van der Waals surface area contributed by atoms with Crippen LogP contribution < -0.4 is 16.0 Å². The number of nitrogens with two attached hydrogens (primary N) is 1. The van der Waals surface area contributed by atoms with Crippen LogP contribution in [0.2, 0.25) is 0 Å². The molecule has 5 heteroatoms. The number of thiocarbonyl (C=S) groups is 1. The Bertz CT molecular complexity index is 649. The van der Waals surface area contributed by atoms with Crippen LogP contribution in [-0.2, 0) is 6.54 Å². The van der Waals surface area contributed by atoms with Crippen LogP contribution in [0.15, 0.2) is 35.3 Å². The summed E-state index contributed by atoms with van der Waals surface area (Å²) >= 11 is 4.81. The first-order valence-electron chi connectivity index (χ1n) is 5.66. The van der Waals surface area contributed by atoms with Crippen molar-refractivity contribution in [1.29, 1.82) is 0 Å². The van der Waals surface area contributed by atoms with Gasteiger partial charge in [-0.05, 0) is 36.6 Å². The van der Waals surface area contributed by atoms with Crippen molar-refractivity contribution in [1.82, 2.24) is 4.57 Å². The molecule has 1 aromatic heterocycles. The maximum Gasteiger partial charge on any atom is 0.258 e. The Labute approximate surface area is 110 Å². The third-order valence-electron chi connectivity index (χ3n) is 2.59. The molecule has 94 valence electrons. The van der Waals surface area contributed by atoms with Crippen molar-refractivity contribution in [2.24, 2.45) is 5.73 Å². The second-order valence-corrected chi connectivity index (χ2v) is 4.42. The number of hydrogen-bond donors (Lipinski definition) is 1. The lowest BCUT2D eigenvalue weighted by Gasteiger charge is -2.07. The Hall–Kier alpha value is -1.88. The lowest BCUT2D eigenvalue weighted by molar-refractivity contribution is 0.340. The number of benzene rings is 1. The molecule has 0 radical (unpaired) electrons. The molecule has 1 heterocycles. The second kappa shape index (κ2) is 5.18. The van der Waals surface area contributed by atoms with Crippen LogP contribution in [0.4, 0.5) is 0 Å². The Morgan fingerprint density at radius 3 is 2.89 bits per heavy atom. The molecular weight excluding hydrogens is 248 g/mol. The Morgan fingerprint density at radius 2 is 2.22 bits per heavy atom. The molecule has 4 nitrogen and oxygen atoms in total. The first-order valence-corrected chi connectivity index (χ1v) is 6.07. The molecule has 0 spiro atoms. The summed E-state index contributed by atoms with van der Waals surface area (Å²) in [6.45, 7) is 2.78. The molecule has 0 bridgehead atoms. The molecule has 0 saturated carbocycles. The normalized spacial score (nSPS) is 10.5. The van der Waals surface area contributed by atoms with E-state index in [2.05, 4.69) is 0 Å². The van der Waals surface area contributed by atoms with E-state index in [-0.39, 0.29) is 12.1 Å². The number of hydrogen-bond acceptors (Lipinski definition) is 3. The van der Waals surface area contributed by atoms with Crippen molar-refractivity contribution in [2.45, 2.75) is 13.5 Å². The van der Waals surface area contributed by atoms with E-state index in [1.165, 1.54) is 4.57 Å². The summed E-state index contributed by atoms with van der Waals surface area (Å²) in [6, 6.07) is 7.26. The summed E-state index contributed by atoms with van der Waals surface area (Å²) in [4.78, 5) is 12.4. The molecule has 0 aliphatic carbocycles. The van der Waals surface area contributed by atoms with Crippen molar-refractivity contribution in [3.05, 3.63) is 40.8 Å². The van der Waals surface area contributed by atoms with Gasteiger partial charge in [-0.15, -0.1) is 0 Å². The van der Waals surface area contributed by atoms with Gasteiger partial charge in [0, 0.05) is 11.6 Å². The van der Waals surface area contributed by atoms with Crippen molar-refractivity contribution < 1.29 is 4.74 Å². The molecule has 2 rings (SSSR count). The third kappa shape index (κ3) is 2.51. The minimum atomic E-state index is -0.0941. The van der Waals surface area contributed by atoms with Crippen molar-refractivity contribution >= 4 is 28.0 Å². The van der Waals surface area contributed by atoms with Gasteiger partial charge in [0.05, 0.1) is 18.1 Å². The molecule has 0 saturated heterocycles. The Kier molecular flexibility index (Phi) is 3.62. The zero-order chi connectivity index (χ0) is 13.1. The predicted molar refractivity (Wildman–Crippen MR) is 76.2 cm³/mol. The van der Waals surface area contributed by atoms with Gasteiger partial charge in [-0.1, -0.05) is 12.2 Å². The van der Waals surface area contributed by atoms with Crippen LogP contribution in [0.1, 0.15) is 6.92 Å². The van der Waals surface area contributed by atoms with E-state index in [1.807, 2.05) is 19.1 Å². The molecule has 0 atom stereocenters. The zero-order valence-corrected chi connectivity index (χ0v) is 10.9. The maximum absolute atomic E-state index is 12.1. The topological polar surface area (TPSA) is 57.2 Å². The number of pyridine rings is 1. The molecule has 0 aliphatic rings. The fraction of sp³-hybridized carbons (Fsp3) is 0.231. The van der Waals surface area contributed by atoms with E-state index in [0.717, 1.165) is 11.1 Å². The number of nitrogens with zero attached hydrogens (tertiary/aromatic N) is 1. The van der Waals surface area contributed by atoms with Crippen LogP contribution in [0.3, 0.4) is 0 Å². The highest BCUT2D eigenvalue weighted by Gasteiger charge is 2.04. The van der Waals surface area contributed by atoms with Gasteiger partial charge in [-0.25, -0.2) is 0 Å². The molecule has 0 amide bonds. The van der Waals surface area contributed by atoms with E-state index in [0.29, 0.717) is 17.0 Å². The van der Waals surface area contributed by atoms with Crippen LogP contribution in [-0.4, -0.2) is 16.2 Å². The van der Waals surface area contributed by atoms with E-state index >= 15 is 0 Å². The molecule has 2 aromatic rings. The lowest BCUT2D eigenvalue weighted by atomic mass is 10.1. The highest BCUT2D eigenvalue weighted by molar-refractivity contribution is 7.80. The third-order valence-corrected chi connectivity index (χ3v) is 2.71. The predicted octanol–water partition coefficient (Wildman–Crippen LogP) is 1.69. The zero-order valence-electron chi connectivity index (χ0n) is 10.1. The molecule has 0 fully saturated rings. The summed E-state index contributed by atoms with van der Waals surface area (Å²) in [7, 11) is 0. The number of fused-ring (bicyclic) bond motifs is 1. The van der Waals surface area contributed by atoms with Crippen molar-refractivity contribution in [3.63, 3.8) is 0 Å². The number of aromatic nitrogens is 1. The first-order chi connectivity index (χ1) is 8.61. The summed E-state index contributed by atoms with van der Waals surface area (Å²) in [5.41, 5.74) is 5.36. The smallest absolute Gasteiger partial charge is 0.258 e. The van der Waals surface area contributed by atoms with Gasteiger partial charge in [0.2, 0.25) is 0 Å². The highest BCUT2D eigenvalue weighted by Crippen LogP contribution is 2.18. The fourth-order valence-electron chi connectivity index (χ4n) is 1.82. The minimum absolute atomic E-state index is 0.0941. The quantitative estimate of drug-likeness (QED) is 0.852. The van der Waals surface area contributed by atoms with E-state index in [1.54, 1.807) is 18.3 Å². The Morgan fingerprint density at radius 1 is 1.44 bits per heavy atom. The first kappa shape index (κ1) is 12.6. The molecular formula is C13H14N2O2S. The van der Waals surface area contributed by atoms with E-state index in [4.69, 9.17) is 22.7 Å². The van der Waals surface area contributed by atoms with Crippen LogP contribution in [0, 0.1) is 0 Å². The fourth-order valence-corrected chi connectivity index (χ4v) is 1.95. The van der Waals surface area contributed by atoms with Gasteiger partial charge in [-0.3, -0.25) is 4.79 Å². The van der Waals surface area contributed by atoms with E-state index in [9.17, 15) is 4.79 Å². The van der Waals surface area contributed by atoms with Crippen molar-refractivity contribution in [3.8, 4) is 5.75 Å². The SMILES string of the molecule is CCOc1ccc2c(=O)n(CC(N)=S)ccc2c1. The van der Waals surface area contributed by atoms with Gasteiger partial charge in [-0.2, -0.15) is 0 Å². The van der Waals surface area contributed by atoms with Gasteiger partial charge < -0.3 is 15.0 Å². The van der Waals surface area contributed by atoms with E-state index < -0.39 is 0 Å². The Balaban J connectivity index is 2.52. The molecule has 0 aliphatic heterocycles. The molecule has 0 unspecified atom stereocenters. The molecule has 18 heavy (non-hydrogen) atoms. The van der Waals surface area contributed by atoms with Gasteiger partial charge in [0.25, 0.3) is 5.56 Å². The van der Waals surface area contributed by atoms with Crippen LogP contribution in [0.25, 0.3) is 10.8 Å². The average Bonchev–Trinajstić information content (AvgIpc) is 2.33.